The predicted octanol–water partition coefficient (Wildman–Crippen LogP) is 5.28. The van der Waals surface area contributed by atoms with E-state index in [1.165, 1.54) is 7.11 Å². The van der Waals surface area contributed by atoms with Gasteiger partial charge in [-0.2, -0.15) is 0 Å². The fourth-order valence-corrected chi connectivity index (χ4v) is 7.91. The summed E-state index contributed by atoms with van der Waals surface area (Å²) >= 11 is 0. The Balaban J connectivity index is 1.69. The number of hydrogen-bond acceptors (Lipinski definition) is 8. The predicted molar refractivity (Wildman–Crippen MR) is 140 cm³/mol. The molecule has 2 heterocycles. The number of carbonyl (C=O) groups is 4. The molecule has 6 atom stereocenters. The summed E-state index contributed by atoms with van der Waals surface area (Å²) in [6, 6.07) is 1.81. The smallest absolute Gasteiger partial charge is 0.331 e. The molecular formula is C31H38O8. The first kappa shape index (κ1) is 27.4. The van der Waals surface area contributed by atoms with Crippen LogP contribution >= 0.6 is 0 Å². The molecule has 2 bridgehead atoms. The lowest BCUT2D eigenvalue weighted by atomic mass is 9.43. The number of furan rings is 1. The van der Waals surface area contributed by atoms with Gasteiger partial charge in [0, 0.05) is 22.5 Å². The van der Waals surface area contributed by atoms with E-state index >= 15 is 0 Å². The molecule has 1 fully saturated rings. The second-order valence-electron chi connectivity index (χ2n) is 12.8. The van der Waals surface area contributed by atoms with Gasteiger partial charge in [-0.25, -0.2) is 4.79 Å². The van der Waals surface area contributed by atoms with Crippen molar-refractivity contribution >= 4 is 23.7 Å². The first-order chi connectivity index (χ1) is 18.3. The Bertz CT molecular complexity index is 1280. The zero-order chi connectivity index (χ0) is 28.5. The van der Waals surface area contributed by atoms with Gasteiger partial charge >= 0.3 is 17.9 Å². The quantitative estimate of drug-likeness (QED) is 0.368. The topological polar surface area (TPSA) is 109 Å². The number of rotatable bonds is 5. The van der Waals surface area contributed by atoms with E-state index in [1.54, 1.807) is 32.4 Å². The van der Waals surface area contributed by atoms with Crippen LogP contribution < -0.4 is 0 Å². The zero-order valence-corrected chi connectivity index (χ0v) is 23.8. The van der Waals surface area contributed by atoms with Crippen LogP contribution in [0.5, 0.6) is 0 Å². The fourth-order valence-electron chi connectivity index (χ4n) is 7.91. The summed E-state index contributed by atoms with van der Waals surface area (Å²) in [5.41, 5.74) is 1.38. The van der Waals surface area contributed by atoms with Gasteiger partial charge in [0.2, 0.25) is 0 Å². The van der Waals surface area contributed by atoms with Gasteiger partial charge in [0.1, 0.15) is 18.0 Å². The van der Waals surface area contributed by atoms with E-state index in [1.807, 2.05) is 26.8 Å². The van der Waals surface area contributed by atoms with Crippen LogP contribution in [0.25, 0.3) is 0 Å². The van der Waals surface area contributed by atoms with Gasteiger partial charge in [0.15, 0.2) is 0 Å². The molecule has 3 aliphatic carbocycles. The lowest BCUT2D eigenvalue weighted by Gasteiger charge is -2.61. The number of esters is 3. The van der Waals surface area contributed by atoms with Crippen LogP contribution in [0.2, 0.25) is 0 Å². The van der Waals surface area contributed by atoms with Gasteiger partial charge in [-0.05, 0) is 49.3 Å². The second-order valence-corrected chi connectivity index (χ2v) is 12.8. The molecule has 0 unspecified atom stereocenters. The Kier molecular flexibility index (Phi) is 6.47. The van der Waals surface area contributed by atoms with Crippen LogP contribution in [0.4, 0.5) is 0 Å². The molecule has 8 heteroatoms. The Morgan fingerprint density at radius 2 is 1.87 bits per heavy atom. The highest BCUT2D eigenvalue weighted by Crippen LogP contribution is 2.67. The lowest BCUT2D eigenvalue weighted by Crippen LogP contribution is -2.64. The van der Waals surface area contributed by atoms with Crippen molar-refractivity contribution in [1.29, 1.82) is 0 Å². The van der Waals surface area contributed by atoms with Crippen LogP contribution in [0.1, 0.15) is 78.9 Å². The van der Waals surface area contributed by atoms with E-state index < -0.39 is 52.2 Å². The third kappa shape index (κ3) is 3.93. The summed E-state index contributed by atoms with van der Waals surface area (Å²) < 4.78 is 22.3. The van der Waals surface area contributed by atoms with Gasteiger partial charge in [0.25, 0.3) is 0 Å². The van der Waals surface area contributed by atoms with Gasteiger partial charge < -0.3 is 18.6 Å². The van der Waals surface area contributed by atoms with Crippen molar-refractivity contribution in [3.63, 3.8) is 0 Å². The number of ether oxygens (including phenoxy) is 3. The molecule has 1 aromatic heterocycles. The number of Topliss-reactive ketones (excluding diaryl/α,β-unsaturated/α-hetero) is 1. The molecule has 4 aliphatic rings. The monoisotopic (exact) mass is 538 g/mol. The molecule has 1 saturated carbocycles. The molecule has 0 saturated heterocycles. The summed E-state index contributed by atoms with van der Waals surface area (Å²) in [5, 5.41) is 0. The Labute approximate surface area is 229 Å². The maximum Gasteiger partial charge on any atom is 0.331 e. The molecule has 0 aromatic carbocycles. The lowest BCUT2D eigenvalue weighted by molar-refractivity contribution is -0.189. The van der Waals surface area contributed by atoms with Crippen molar-refractivity contribution in [3.8, 4) is 0 Å². The third-order valence-electron chi connectivity index (χ3n) is 10.0. The second kappa shape index (κ2) is 9.20. The van der Waals surface area contributed by atoms with Gasteiger partial charge in [-0.1, -0.05) is 40.2 Å². The molecule has 39 heavy (non-hydrogen) atoms. The van der Waals surface area contributed by atoms with E-state index in [9.17, 15) is 19.2 Å². The molecule has 0 N–H and O–H groups in total. The Hall–Kier alpha value is -3.16. The van der Waals surface area contributed by atoms with Crippen molar-refractivity contribution in [1.82, 2.24) is 0 Å². The number of hydrogen-bond donors (Lipinski definition) is 0. The largest absolute Gasteiger partial charge is 0.472 e. The fraction of sp³-hybridized carbons (Fsp3) is 0.613. The SMILES string of the molecule is COC(=O)C[C@H]1C(C)(C)[C@H](OC(=O)C(C)C)[C@@H]2CC3=C(CC[C@]4(C)C3=CC(=O)O[C@H]4c3ccoc3)[C@@]1(C)C2=O. The summed E-state index contributed by atoms with van der Waals surface area (Å²) in [6.45, 7) is 11.5. The highest BCUT2D eigenvalue weighted by Gasteiger charge is 2.67. The molecular weight excluding hydrogens is 500 g/mol. The molecule has 8 nitrogen and oxygen atoms in total. The number of allylic oxidation sites excluding steroid dienone is 2. The van der Waals surface area contributed by atoms with E-state index in [0.717, 1.165) is 22.3 Å². The molecule has 0 spiro atoms. The highest BCUT2D eigenvalue weighted by molar-refractivity contribution is 5.96. The summed E-state index contributed by atoms with van der Waals surface area (Å²) in [7, 11) is 1.34. The van der Waals surface area contributed by atoms with Crippen LogP contribution in [-0.2, 0) is 33.4 Å². The normalized spacial score (nSPS) is 35.0. The van der Waals surface area contributed by atoms with Crippen molar-refractivity contribution in [3.05, 3.63) is 47.0 Å². The number of carbonyl (C=O) groups excluding carboxylic acids is 4. The molecule has 1 aromatic rings. The van der Waals surface area contributed by atoms with Crippen LogP contribution in [-0.4, -0.2) is 36.9 Å². The van der Waals surface area contributed by atoms with E-state index in [4.69, 9.17) is 18.6 Å². The van der Waals surface area contributed by atoms with Crippen molar-refractivity contribution in [2.24, 2.45) is 34.0 Å². The summed E-state index contributed by atoms with van der Waals surface area (Å²) in [4.78, 5) is 52.9. The zero-order valence-electron chi connectivity index (χ0n) is 23.8. The number of ketones is 1. The molecule has 0 amide bonds. The minimum atomic E-state index is -0.981. The Morgan fingerprint density at radius 1 is 1.15 bits per heavy atom. The molecule has 0 radical (unpaired) electrons. The maximum atomic E-state index is 14.4. The number of cyclic esters (lactones) is 1. The first-order valence-electron chi connectivity index (χ1n) is 13.8. The minimum Gasteiger partial charge on any atom is -0.472 e. The molecule has 1 aliphatic heterocycles. The highest BCUT2D eigenvalue weighted by atomic mass is 16.6. The maximum absolute atomic E-state index is 14.4. The number of methoxy groups -OCH3 is 1. The standard InChI is InChI=1S/C31H38O8/c1-16(2)28(35)39-27-19-12-18-20(31(6,25(19)34)22(29(27,3)4)14-23(32)36-7)8-10-30(5)21(18)13-24(33)38-26(30)17-9-11-37-15-17/h9,11,13,15-16,19,22,26-27H,8,10,12,14H2,1-7H3/t19-,22+,26+,27-,30-,31-/m1/s1. The van der Waals surface area contributed by atoms with Crippen LogP contribution in [0.15, 0.2) is 45.8 Å². The average molecular weight is 539 g/mol. The van der Waals surface area contributed by atoms with Crippen molar-refractivity contribution in [2.75, 3.05) is 7.11 Å². The molecule has 210 valence electrons. The minimum absolute atomic E-state index is 0.00925. The van der Waals surface area contributed by atoms with Crippen LogP contribution in [0.3, 0.4) is 0 Å². The number of fused-ring (bicyclic) bond motifs is 5. The van der Waals surface area contributed by atoms with Gasteiger partial charge in [-0.3, -0.25) is 14.4 Å². The third-order valence-corrected chi connectivity index (χ3v) is 10.0. The Morgan fingerprint density at radius 3 is 2.49 bits per heavy atom. The summed E-state index contributed by atoms with van der Waals surface area (Å²) in [6.07, 6.45) is 5.13. The van der Waals surface area contributed by atoms with E-state index in [-0.39, 0.29) is 24.1 Å². The van der Waals surface area contributed by atoms with Crippen molar-refractivity contribution in [2.45, 2.75) is 79.4 Å². The van der Waals surface area contributed by atoms with Crippen LogP contribution in [0, 0.1) is 34.0 Å². The first-order valence-corrected chi connectivity index (χ1v) is 13.8. The average Bonchev–Trinajstić information content (AvgIpc) is 3.41. The molecule has 5 rings (SSSR count). The van der Waals surface area contributed by atoms with Gasteiger partial charge in [0.05, 0.1) is 43.3 Å². The summed E-state index contributed by atoms with van der Waals surface area (Å²) in [5.74, 6) is -2.69. The van der Waals surface area contributed by atoms with Gasteiger partial charge in [-0.15, -0.1) is 0 Å². The van der Waals surface area contributed by atoms with E-state index in [0.29, 0.717) is 19.3 Å². The van der Waals surface area contributed by atoms with Crippen molar-refractivity contribution < 1.29 is 37.8 Å². The van der Waals surface area contributed by atoms with E-state index in [2.05, 4.69) is 6.92 Å².